The summed E-state index contributed by atoms with van der Waals surface area (Å²) in [4.78, 5) is 5.85. The number of H-pyrrole nitrogens is 1. The Labute approximate surface area is 105 Å². The van der Waals surface area contributed by atoms with Gasteiger partial charge in [-0.25, -0.2) is 0 Å². The number of aromatic amines is 1. The molecule has 0 unspecified atom stereocenters. The van der Waals surface area contributed by atoms with E-state index in [1.165, 1.54) is 51.0 Å². The quantitative estimate of drug-likeness (QED) is 0.793. The van der Waals surface area contributed by atoms with E-state index in [1.54, 1.807) is 0 Å². The standard InChI is InChI=1S/C14H25N3/c1-2-3-9-17-10-6-13(7-11-17)16-12-14-5-4-8-15-14/h4-5,8,13,15-16H,2-3,6-7,9-12H2,1H3. The van der Waals surface area contributed by atoms with Crippen molar-refractivity contribution >= 4 is 0 Å². The monoisotopic (exact) mass is 235 g/mol. The lowest BCUT2D eigenvalue weighted by Gasteiger charge is -2.32. The van der Waals surface area contributed by atoms with Gasteiger partial charge in [0.1, 0.15) is 0 Å². The summed E-state index contributed by atoms with van der Waals surface area (Å²) in [6.45, 7) is 7.07. The van der Waals surface area contributed by atoms with Crippen LogP contribution in [0.25, 0.3) is 0 Å². The molecule has 1 aliphatic heterocycles. The number of unbranched alkanes of at least 4 members (excludes halogenated alkanes) is 1. The molecule has 1 aliphatic rings. The molecule has 3 nitrogen and oxygen atoms in total. The van der Waals surface area contributed by atoms with E-state index < -0.39 is 0 Å². The van der Waals surface area contributed by atoms with Gasteiger partial charge >= 0.3 is 0 Å². The largest absolute Gasteiger partial charge is 0.364 e. The lowest BCUT2D eigenvalue weighted by atomic mass is 10.0. The zero-order valence-corrected chi connectivity index (χ0v) is 10.9. The molecule has 2 rings (SSSR count). The minimum atomic E-state index is 0.705. The van der Waals surface area contributed by atoms with Crippen molar-refractivity contribution in [2.75, 3.05) is 19.6 Å². The lowest BCUT2D eigenvalue weighted by Crippen LogP contribution is -2.42. The van der Waals surface area contributed by atoms with E-state index in [4.69, 9.17) is 0 Å². The molecule has 1 aromatic rings. The van der Waals surface area contributed by atoms with E-state index in [2.05, 4.69) is 34.3 Å². The molecule has 0 amide bonds. The van der Waals surface area contributed by atoms with Crippen LogP contribution in [-0.2, 0) is 6.54 Å². The number of hydrogen-bond acceptors (Lipinski definition) is 2. The molecule has 1 fully saturated rings. The maximum atomic E-state index is 3.64. The Kier molecular flexibility index (Phi) is 5.08. The Balaban J connectivity index is 1.62. The third-order valence-electron chi connectivity index (χ3n) is 3.66. The van der Waals surface area contributed by atoms with Gasteiger partial charge < -0.3 is 15.2 Å². The first-order chi connectivity index (χ1) is 8.38. The zero-order chi connectivity index (χ0) is 11.9. The van der Waals surface area contributed by atoms with Crippen molar-refractivity contribution in [2.24, 2.45) is 0 Å². The summed E-state index contributed by atoms with van der Waals surface area (Å²) < 4.78 is 0. The Hall–Kier alpha value is -0.800. The smallest absolute Gasteiger partial charge is 0.0359 e. The molecule has 1 saturated heterocycles. The van der Waals surface area contributed by atoms with Crippen molar-refractivity contribution in [3.63, 3.8) is 0 Å². The van der Waals surface area contributed by atoms with Crippen LogP contribution >= 0.6 is 0 Å². The molecule has 3 heteroatoms. The van der Waals surface area contributed by atoms with Crippen molar-refractivity contribution in [3.8, 4) is 0 Å². The molecular formula is C14H25N3. The maximum absolute atomic E-state index is 3.64. The maximum Gasteiger partial charge on any atom is 0.0359 e. The summed E-state index contributed by atoms with van der Waals surface area (Å²) in [6, 6.07) is 4.91. The van der Waals surface area contributed by atoms with E-state index in [0.29, 0.717) is 6.04 Å². The highest BCUT2D eigenvalue weighted by Crippen LogP contribution is 2.11. The zero-order valence-electron chi connectivity index (χ0n) is 10.9. The third kappa shape index (κ3) is 4.17. The molecule has 0 spiro atoms. The van der Waals surface area contributed by atoms with Crippen LogP contribution in [0.4, 0.5) is 0 Å². The minimum Gasteiger partial charge on any atom is -0.364 e. The molecule has 1 aromatic heterocycles. The van der Waals surface area contributed by atoms with Crippen LogP contribution in [0.5, 0.6) is 0 Å². The highest BCUT2D eigenvalue weighted by Gasteiger charge is 2.17. The van der Waals surface area contributed by atoms with Crippen LogP contribution in [0.15, 0.2) is 18.3 Å². The van der Waals surface area contributed by atoms with Crippen LogP contribution in [0, 0.1) is 0 Å². The summed E-state index contributed by atoms with van der Waals surface area (Å²) in [7, 11) is 0. The summed E-state index contributed by atoms with van der Waals surface area (Å²) in [6.07, 6.45) is 7.24. The molecule has 0 radical (unpaired) electrons. The lowest BCUT2D eigenvalue weighted by molar-refractivity contribution is 0.195. The van der Waals surface area contributed by atoms with E-state index in [-0.39, 0.29) is 0 Å². The Morgan fingerprint density at radius 3 is 2.88 bits per heavy atom. The molecular weight excluding hydrogens is 210 g/mol. The second-order valence-corrected chi connectivity index (χ2v) is 5.05. The SMILES string of the molecule is CCCCN1CCC(NCc2ccc[nH]2)CC1. The number of likely N-dealkylation sites (tertiary alicyclic amines) is 1. The highest BCUT2D eigenvalue weighted by atomic mass is 15.1. The van der Waals surface area contributed by atoms with Gasteiger partial charge in [0.15, 0.2) is 0 Å². The second-order valence-electron chi connectivity index (χ2n) is 5.05. The van der Waals surface area contributed by atoms with Crippen molar-refractivity contribution in [1.82, 2.24) is 15.2 Å². The predicted octanol–water partition coefficient (Wildman–Crippen LogP) is 2.37. The van der Waals surface area contributed by atoms with Crippen molar-refractivity contribution in [1.29, 1.82) is 0 Å². The number of nitrogens with zero attached hydrogens (tertiary/aromatic N) is 1. The van der Waals surface area contributed by atoms with Gasteiger partial charge in [0, 0.05) is 24.5 Å². The first-order valence-corrected chi connectivity index (χ1v) is 6.96. The van der Waals surface area contributed by atoms with Gasteiger partial charge in [0.2, 0.25) is 0 Å². The summed E-state index contributed by atoms with van der Waals surface area (Å²) in [5.74, 6) is 0. The molecule has 2 heterocycles. The van der Waals surface area contributed by atoms with Crippen LogP contribution in [-0.4, -0.2) is 35.6 Å². The van der Waals surface area contributed by atoms with Gasteiger partial charge in [-0.3, -0.25) is 0 Å². The van der Waals surface area contributed by atoms with Crippen LogP contribution in [0.3, 0.4) is 0 Å². The highest BCUT2D eigenvalue weighted by molar-refractivity contribution is 5.03. The Bertz CT molecular complexity index is 286. The van der Waals surface area contributed by atoms with E-state index in [0.717, 1.165) is 6.54 Å². The average Bonchev–Trinajstić information content (AvgIpc) is 2.88. The molecule has 0 bridgehead atoms. The minimum absolute atomic E-state index is 0.705. The molecule has 96 valence electrons. The van der Waals surface area contributed by atoms with Gasteiger partial charge in [-0.15, -0.1) is 0 Å². The molecule has 0 aliphatic carbocycles. The number of aromatic nitrogens is 1. The Morgan fingerprint density at radius 2 is 2.24 bits per heavy atom. The average molecular weight is 235 g/mol. The van der Waals surface area contributed by atoms with Crippen molar-refractivity contribution in [2.45, 2.75) is 45.2 Å². The topological polar surface area (TPSA) is 31.1 Å². The van der Waals surface area contributed by atoms with E-state index in [9.17, 15) is 0 Å². The number of rotatable bonds is 6. The molecule has 2 N–H and O–H groups in total. The molecule has 0 aromatic carbocycles. The van der Waals surface area contributed by atoms with Gasteiger partial charge in [-0.1, -0.05) is 13.3 Å². The summed E-state index contributed by atoms with van der Waals surface area (Å²) in [5.41, 5.74) is 1.29. The van der Waals surface area contributed by atoms with Crippen LogP contribution in [0.1, 0.15) is 38.3 Å². The fraction of sp³-hybridized carbons (Fsp3) is 0.714. The Morgan fingerprint density at radius 1 is 1.41 bits per heavy atom. The van der Waals surface area contributed by atoms with E-state index >= 15 is 0 Å². The first-order valence-electron chi connectivity index (χ1n) is 6.96. The van der Waals surface area contributed by atoms with Crippen LogP contribution in [0.2, 0.25) is 0 Å². The summed E-state index contributed by atoms with van der Waals surface area (Å²) >= 11 is 0. The normalized spacial score (nSPS) is 18.6. The molecule has 0 atom stereocenters. The fourth-order valence-electron chi connectivity index (χ4n) is 2.47. The van der Waals surface area contributed by atoms with Gasteiger partial charge in [0.25, 0.3) is 0 Å². The van der Waals surface area contributed by atoms with Gasteiger partial charge in [-0.05, 0) is 51.0 Å². The second kappa shape index (κ2) is 6.82. The van der Waals surface area contributed by atoms with Gasteiger partial charge in [-0.2, -0.15) is 0 Å². The number of nitrogens with one attached hydrogen (secondary N) is 2. The van der Waals surface area contributed by atoms with Gasteiger partial charge in [0.05, 0.1) is 0 Å². The van der Waals surface area contributed by atoms with Crippen LogP contribution < -0.4 is 5.32 Å². The third-order valence-corrected chi connectivity index (χ3v) is 3.66. The fourth-order valence-corrected chi connectivity index (χ4v) is 2.47. The first kappa shape index (κ1) is 12.7. The number of piperidine rings is 1. The molecule has 17 heavy (non-hydrogen) atoms. The van der Waals surface area contributed by atoms with Crippen molar-refractivity contribution < 1.29 is 0 Å². The predicted molar refractivity (Wildman–Crippen MR) is 72.0 cm³/mol. The number of hydrogen-bond donors (Lipinski definition) is 2. The molecule has 0 saturated carbocycles. The van der Waals surface area contributed by atoms with Crippen molar-refractivity contribution in [3.05, 3.63) is 24.0 Å². The van der Waals surface area contributed by atoms with E-state index in [1.807, 2.05) is 6.20 Å². The summed E-state index contributed by atoms with van der Waals surface area (Å²) in [5, 5.41) is 3.64.